The first-order valence-electron chi connectivity index (χ1n) is 8.07. The second-order valence-electron chi connectivity index (χ2n) is 7.18. The Morgan fingerprint density at radius 1 is 1.21 bits per heavy atom. The van der Waals surface area contributed by atoms with E-state index in [1.54, 1.807) is 0 Å². The molecule has 2 aliphatic rings. The molecule has 2 rings (SSSR count). The number of hydrogen-bond acceptors (Lipinski definition) is 3. The molecule has 3 atom stereocenters. The van der Waals surface area contributed by atoms with Crippen LogP contribution >= 0.6 is 0 Å². The van der Waals surface area contributed by atoms with Gasteiger partial charge in [0.2, 0.25) is 0 Å². The summed E-state index contributed by atoms with van der Waals surface area (Å²) in [6.07, 6.45) is 7.32. The fraction of sp³-hybridized carbons (Fsp3) is 1.00. The number of rotatable bonds is 3. The summed E-state index contributed by atoms with van der Waals surface area (Å²) in [4.78, 5) is 2.63. The molecule has 1 heterocycles. The molecule has 1 N–H and O–H groups in total. The van der Waals surface area contributed by atoms with Crippen LogP contribution in [0.5, 0.6) is 0 Å². The minimum atomic E-state index is 0.0114. The third kappa shape index (κ3) is 4.44. The zero-order valence-corrected chi connectivity index (χ0v) is 13.2. The fourth-order valence-electron chi connectivity index (χ4n) is 4.04. The highest BCUT2D eigenvalue weighted by molar-refractivity contribution is 4.87. The van der Waals surface area contributed by atoms with Crippen molar-refractivity contribution < 1.29 is 4.74 Å². The highest BCUT2D eigenvalue weighted by atomic mass is 16.5. The van der Waals surface area contributed by atoms with Gasteiger partial charge in [-0.05, 0) is 46.6 Å². The Hall–Kier alpha value is -0.120. The van der Waals surface area contributed by atoms with Crippen molar-refractivity contribution in [2.45, 2.75) is 70.6 Å². The molecule has 2 fully saturated rings. The van der Waals surface area contributed by atoms with E-state index in [1.807, 2.05) is 0 Å². The molecule has 0 spiro atoms. The third-order valence-corrected chi connectivity index (χ3v) is 4.66. The molecule has 3 unspecified atom stereocenters. The Bertz CT molecular complexity index is 280. The van der Waals surface area contributed by atoms with Crippen LogP contribution in [0.25, 0.3) is 0 Å². The second-order valence-corrected chi connectivity index (χ2v) is 7.18. The highest BCUT2D eigenvalue weighted by Gasteiger charge is 2.33. The predicted octanol–water partition coefficient (Wildman–Crippen LogP) is 2.65. The molecule has 0 amide bonds. The average Bonchev–Trinajstić information content (AvgIpc) is 2.51. The van der Waals surface area contributed by atoms with Gasteiger partial charge < -0.3 is 10.1 Å². The van der Waals surface area contributed by atoms with Crippen molar-refractivity contribution >= 4 is 0 Å². The van der Waals surface area contributed by atoms with Gasteiger partial charge in [-0.25, -0.2) is 0 Å². The van der Waals surface area contributed by atoms with E-state index >= 15 is 0 Å². The topological polar surface area (TPSA) is 24.5 Å². The average molecular weight is 268 g/mol. The van der Waals surface area contributed by atoms with Gasteiger partial charge in [0, 0.05) is 25.7 Å². The molecule has 1 aliphatic carbocycles. The van der Waals surface area contributed by atoms with Crippen LogP contribution in [0.15, 0.2) is 0 Å². The van der Waals surface area contributed by atoms with Crippen LogP contribution < -0.4 is 5.32 Å². The molecular formula is C16H32N2O. The smallest absolute Gasteiger partial charge is 0.0757 e. The molecule has 0 aromatic heterocycles. The van der Waals surface area contributed by atoms with Gasteiger partial charge in [0.1, 0.15) is 0 Å². The van der Waals surface area contributed by atoms with Crippen molar-refractivity contribution in [2.24, 2.45) is 5.92 Å². The Morgan fingerprint density at radius 2 is 1.95 bits per heavy atom. The van der Waals surface area contributed by atoms with E-state index in [2.05, 4.69) is 38.0 Å². The standard InChI is InChI=1S/C16H32N2O/c1-13-10-18(12-16(2,3)19-13)11-14-8-6-5-7-9-15(14)17-4/h13-15,17H,5-12H2,1-4H3. The van der Waals surface area contributed by atoms with E-state index in [1.165, 1.54) is 38.6 Å². The monoisotopic (exact) mass is 268 g/mol. The van der Waals surface area contributed by atoms with Crippen LogP contribution in [0.4, 0.5) is 0 Å². The van der Waals surface area contributed by atoms with Crippen LogP contribution in [0.3, 0.4) is 0 Å². The molecule has 0 aromatic carbocycles. The predicted molar refractivity (Wildman–Crippen MR) is 80.5 cm³/mol. The summed E-state index contributed by atoms with van der Waals surface area (Å²) in [5.74, 6) is 0.814. The van der Waals surface area contributed by atoms with Crippen LogP contribution in [-0.2, 0) is 4.74 Å². The van der Waals surface area contributed by atoms with Crippen molar-refractivity contribution in [2.75, 3.05) is 26.7 Å². The minimum absolute atomic E-state index is 0.0114. The van der Waals surface area contributed by atoms with E-state index in [-0.39, 0.29) is 5.60 Å². The SMILES string of the molecule is CNC1CCCCCC1CN1CC(C)OC(C)(C)C1. The normalized spacial score (nSPS) is 36.9. The summed E-state index contributed by atoms with van der Waals surface area (Å²) in [6.45, 7) is 10.1. The number of ether oxygens (including phenoxy) is 1. The Balaban J connectivity index is 1.94. The van der Waals surface area contributed by atoms with E-state index in [0.29, 0.717) is 12.1 Å². The summed E-state index contributed by atoms with van der Waals surface area (Å²) in [5, 5.41) is 3.56. The van der Waals surface area contributed by atoms with Gasteiger partial charge in [-0.1, -0.05) is 19.3 Å². The van der Waals surface area contributed by atoms with Gasteiger partial charge in [0.25, 0.3) is 0 Å². The third-order valence-electron chi connectivity index (χ3n) is 4.66. The van der Waals surface area contributed by atoms with E-state index in [9.17, 15) is 0 Å². The number of morpholine rings is 1. The lowest BCUT2D eigenvalue weighted by molar-refractivity contribution is -0.131. The van der Waals surface area contributed by atoms with E-state index in [0.717, 1.165) is 19.0 Å². The lowest BCUT2D eigenvalue weighted by atomic mass is 9.93. The molecule has 0 aromatic rings. The van der Waals surface area contributed by atoms with Gasteiger partial charge >= 0.3 is 0 Å². The van der Waals surface area contributed by atoms with Crippen LogP contribution in [-0.4, -0.2) is 49.3 Å². The molecule has 1 aliphatic heterocycles. The molecule has 1 saturated carbocycles. The maximum absolute atomic E-state index is 6.01. The quantitative estimate of drug-likeness (QED) is 0.796. The molecule has 0 radical (unpaired) electrons. The summed E-state index contributed by atoms with van der Waals surface area (Å²) < 4.78 is 6.01. The largest absolute Gasteiger partial charge is 0.370 e. The molecular weight excluding hydrogens is 236 g/mol. The van der Waals surface area contributed by atoms with Crippen molar-refractivity contribution in [3.05, 3.63) is 0 Å². The van der Waals surface area contributed by atoms with Crippen molar-refractivity contribution in [1.29, 1.82) is 0 Å². The van der Waals surface area contributed by atoms with Crippen LogP contribution in [0.1, 0.15) is 52.9 Å². The Morgan fingerprint density at radius 3 is 2.63 bits per heavy atom. The van der Waals surface area contributed by atoms with Crippen molar-refractivity contribution in [3.8, 4) is 0 Å². The van der Waals surface area contributed by atoms with E-state index in [4.69, 9.17) is 4.74 Å². The number of nitrogens with one attached hydrogen (secondary N) is 1. The molecule has 0 bridgehead atoms. The van der Waals surface area contributed by atoms with Crippen molar-refractivity contribution in [1.82, 2.24) is 10.2 Å². The van der Waals surface area contributed by atoms with Gasteiger partial charge in [0.05, 0.1) is 11.7 Å². The maximum atomic E-state index is 6.01. The maximum Gasteiger partial charge on any atom is 0.0757 e. The molecule has 3 heteroatoms. The minimum Gasteiger partial charge on any atom is -0.370 e. The fourth-order valence-corrected chi connectivity index (χ4v) is 4.04. The summed E-state index contributed by atoms with van der Waals surface area (Å²) >= 11 is 0. The van der Waals surface area contributed by atoms with E-state index < -0.39 is 0 Å². The number of nitrogens with zero attached hydrogens (tertiary/aromatic N) is 1. The Kier molecular flexibility index (Phi) is 5.27. The molecule has 19 heavy (non-hydrogen) atoms. The molecule has 1 saturated heterocycles. The number of hydrogen-bond donors (Lipinski definition) is 1. The van der Waals surface area contributed by atoms with Gasteiger partial charge in [-0.3, -0.25) is 4.90 Å². The first-order chi connectivity index (χ1) is 9.00. The van der Waals surface area contributed by atoms with Gasteiger partial charge in [-0.2, -0.15) is 0 Å². The zero-order valence-electron chi connectivity index (χ0n) is 13.2. The zero-order chi connectivity index (χ0) is 13.9. The Labute approximate surface area is 119 Å². The van der Waals surface area contributed by atoms with Crippen LogP contribution in [0.2, 0.25) is 0 Å². The van der Waals surface area contributed by atoms with Gasteiger partial charge in [0.15, 0.2) is 0 Å². The molecule has 112 valence electrons. The lowest BCUT2D eigenvalue weighted by Crippen LogP contribution is -2.54. The summed E-state index contributed by atoms with van der Waals surface area (Å²) in [5.41, 5.74) is 0.0114. The second kappa shape index (κ2) is 6.55. The van der Waals surface area contributed by atoms with Gasteiger partial charge in [-0.15, -0.1) is 0 Å². The van der Waals surface area contributed by atoms with Crippen LogP contribution in [0, 0.1) is 5.92 Å². The first kappa shape index (κ1) is 15.3. The first-order valence-corrected chi connectivity index (χ1v) is 8.07. The lowest BCUT2D eigenvalue weighted by Gasteiger charge is -2.43. The van der Waals surface area contributed by atoms with Crippen molar-refractivity contribution in [3.63, 3.8) is 0 Å². The summed E-state index contributed by atoms with van der Waals surface area (Å²) in [6, 6.07) is 0.712. The summed E-state index contributed by atoms with van der Waals surface area (Å²) in [7, 11) is 2.13. The highest BCUT2D eigenvalue weighted by Crippen LogP contribution is 2.27. The molecule has 3 nitrogen and oxygen atoms in total.